The zero-order chi connectivity index (χ0) is 25.8. The van der Waals surface area contributed by atoms with Crippen molar-refractivity contribution < 1.29 is 9.18 Å². The number of hydrogen-bond donors (Lipinski definition) is 1. The first-order valence-corrected chi connectivity index (χ1v) is 12.8. The van der Waals surface area contributed by atoms with Crippen LogP contribution < -0.4 is 10.2 Å². The van der Waals surface area contributed by atoms with Crippen molar-refractivity contribution in [3.8, 4) is 11.1 Å². The molecule has 1 amide bonds. The molecule has 4 heterocycles. The first-order valence-electron chi connectivity index (χ1n) is 12.8. The lowest BCUT2D eigenvalue weighted by Gasteiger charge is -2.34. The molecule has 0 unspecified atom stereocenters. The number of amides is 1. The Morgan fingerprint density at radius 2 is 1.71 bits per heavy atom. The summed E-state index contributed by atoms with van der Waals surface area (Å²) in [7, 11) is 1.77. The summed E-state index contributed by atoms with van der Waals surface area (Å²) < 4.78 is 15.5. The molecule has 1 aliphatic carbocycles. The van der Waals surface area contributed by atoms with E-state index >= 15 is 0 Å². The van der Waals surface area contributed by atoms with E-state index in [0.717, 1.165) is 36.0 Å². The van der Waals surface area contributed by atoms with Gasteiger partial charge in [0, 0.05) is 25.1 Å². The van der Waals surface area contributed by atoms with E-state index < -0.39 is 0 Å². The standard InChI is InChI=1S/C29H26FN7O/c1-35-28(38)25-26(32-22-11-9-21(30)10-12-22)36(34-27(25)37-24-4-2-3-23(24)33-29(35)37)17-18-5-7-19(8-6-18)20-13-15-31-16-14-20/h5-16,23-24,32H,2-4,17H2,1H3/t23-,24+/m1/s1. The Morgan fingerprint density at radius 3 is 2.47 bits per heavy atom. The molecule has 190 valence electrons. The first-order chi connectivity index (χ1) is 18.6. The summed E-state index contributed by atoms with van der Waals surface area (Å²) >= 11 is 0. The summed E-state index contributed by atoms with van der Waals surface area (Å²) in [4.78, 5) is 26.4. The van der Waals surface area contributed by atoms with Gasteiger partial charge in [-0.2, -0.15) is 5.10 Å². The topological polar surface area (TPSA) is 78.7 Å². The van der Waals surface area contributed by atoms with E-state index in [1.807, 2.05) is 16.8 Å². The number of carbonyl (C=O) groups excluding carboxylic acids is 1. The van der Waals surface area contributed by atoms with Gasteiger partial charge in [-0.15, -0.1) is 0 Å². The molecule has 8 nitrogen and oxygen atoms in total. The molecule has 0 spiro atoms. The van der Waals surface area contributed by atoms with Crippen LogP contribution in [0.1, 0.15) is 35.2 Å². The van der Waals surface area contributed by atoms with Gasteiger partial charge in [0.25, 0.3) is 5.91 Å². The molecule has 0 saturated heterocycles. The third-order valence-electron chi connectivity index (χ3n) is 7.66. The van der Waals surface area contributed by atoms with E-state index in [0.29, 0.717) is 35.4 Å². The molecule has 1 saturated carbocycles. The Bertz CT molecular complexity index is 1550. The van der Waals surface area contributed by atoms with Crippen LogP contribution in [-0.2, 0) is 6.54 Å². The number of carbonyl (C=O) groups is 1. The van der Waals surface area contributed by atoms with Crippen LogP contribution in [0.15, 0.2) is 78.0 Å². The molecule has 0 bridgehead atoms. The molecule has 2 aromatic heterocycles. The monoisotopic (exact) mass is 507 g/mol. The van der Waals surface area contributed by atoms with Gasteiger partial charge in [-0.3, -0.25) is 19.6 Å². The van der Waals surface area contributed by atoms with E-state index in [9.17, 15) is 9.18 Å². The molecule has 7 rings (SSSR count). The van der Waals surface area contributed by atoms with E-state index in [1.54, 1.807) is 36.5 Å². The first kappa shape index (κ1) is 22.7. The minimum absolute atomic E-state index is 0.154. The van der Waals surface area contributed by atoms with Gasteiger partial charge in [-0.05, 0) is 72.4 Å². The molecular weight excluding hydrogens is 481 g/mol. The zero-order valence-electron chi connectivity index (χ0n) is 20.9. The SMILES string of the molecule is CN1C(=O)c2c(nn(Cc3ccc(-c4ccncc4)cc3)c2Nc2ccc(F)cc2)N2C1=N[C@@H]1CCC[C@@H]12. The number of fused-ring (bicyclic) bond motifs is 5. The smallest absolute Gasteiger partial charge is 0.267 e. The van der Waals surface area contributed by atoms with E-state index in [-0.39, 0.29) is 23.8 Å². The summed E-state index contributed by atoms with van der Waals surface area (Å²) in [6.07, 6.45) is 6.71. The van der Waals surface area contributed by atoms with Crippen LogP contribution in [0.2, 0.25) is 0 Å². The highest BCUT2D eigenvalue weighted by atomic mass is 19.1. The molecule has 1 fully saturated rings. The van der Waals surface area contributed by atoms with E-state index in [1.165, 1.54) is 12.1 Å². The minimum Gasteiger partial charge on any atom is -0.340 e. The van der Waals surface area contributed by atoms with Crippen LogP contribution in [-0.4, -0.2) is 50.7 Å². The molecule has 9 heteroatoms. The maximum absolute atomic E-state index is 13.7. The zero-order valence-corrected chi connectivity index (χ0v) is 20.9. The van der Waals surface area contributed by atoms with E-state index in [2.05, 4.69) is 39.5 Å². The molecule has 38 heavy (non-hydrogen) atoms. The van der Waals surface area contributed by atoms with Gasteiger partial charge in [0.05, 0.1) is 18.6 Å². The predicted octanol–water partition coefficient (Wildman–Crippen LogP) is 5.06. The average Bonchev–Trinajstić information content (AvgIpc) is 3.63. The number of nitrogens with zero attached hydrogens (tertiary/aromatic N) is 6. The van der Waals surface area contributed by atoms with Crippen molar-refractivity contribution in [1.29, 1.82) is 0 Å². The van der Waals surface area contributed by atoms with Crippen LogP contribution in [0.3, 0.4) is 0 Å². The number of guanidine groups is 1. The number of rotatable bonds is 5. The normalized spacial score (nSPS) is 19.7. The summed E-state index contributed by atoms with van der Waals surface area (Å²) in [5, 5.41) is 8.37. The fraction of sp³-hybridized carbons (Fsp3) is 0.241. The minimum atomic E-state index is -0.318. The van der Waals surface area contributed by atoms with Crippen molar-refractivity contribution in [1.82, 2.24) is 19.7 Å². The molecular formula is C29H26FN7O. The van der Waals surface area contributed by atoms with Crippen LogP contribution in [0.4, 0.5) is 21.7 Å². The van der Waals surface area contributed by atoms with Gasteiger partial charge in [0.1, 0.15) is 17.2 Å². The van der Waals surface area contributed by atoms with Crippen LogP contribution in [0.25, 0.3) is 11.1 Å². The maximum Gasteiger partial charge on any atom is 0.267 e. The highest BCUT2D eigenvalue weighted by Gasteiger charge is 2.49. The van der Waals surface area contributed by atoms with E-state index in [4.69, 9.17) is 10.1 Å². The number of halogens is 1. The summed E-state index contributed by atoms with van der Waals surface area (Å²) in [5.41, 5.74) is 4.43. The molecule has 0 radical (unpaired) electrons. The molecule has 4 aromatic rings. The predicted molar refractivity (Wildman–Crippen MR) is 144 cm³/mol. The van der Waals surface area contributed by atoms with Gasteiger partial charge in [0.15, 0.2) is 5.82 Å². The van der Waals surface area contributed by atoms with Crippen molar-refractivity contribution in [2.45, 2.75) is 37.9 Å². The Balaban J connectivity index is 1.30. The number of aromatic nitrogens is 3. The number of anilines is 3. The third kappa shape index (κ3) is 3.65. The summed E-state index contributed by atoms with van der Waals surface area (Å²) in [5.74, 6) is 1.43. The second kappa shape index (κ2) is 8.79. The number of hydrogen-bond acceptors (Lipinski definition) is 6. The van der Waals surface area contributed by atoms with Crippen molar-refractivity contribution in [3.63, 3.8) is 0 Å². The van der Waals surface area contributed by atoms with Crippen LogP contribution >= 0.6 is 0 Å². The summed E-state index contributed by atoms with van der Waals surface area (Å²) in [6, 6.07) is 18.8. The lowest BCUT2D eigenvalue weighted by Crippen LogP contribution is -2.51. The van der Waals surface area contributed by atoms with Gasteiger partial charge >= 0.3 is 0 Å². The molecule has 2 atom stereocenters. The fourth-order valence-corrected chi connectivity index (χ4v) is 5.74. The highest BCUT2D eigenvalue weighted by Crippen LogP contribution is 2.43. The molecule has 1 N–H and O–H groups in total. The van der Waals surface area contributed by atoms with Crippen molar-refractivity contribution in [3.05, 3.63) is 90.0 Å². The Labute approximate surface area is 219 Å². The quantitative estimate of drug-likeness (QED) is 0.409. The second-order valence-electron chi connectivity index (χ2n) is 10.00. The van der Waals surface area contributed by atoms with Gasteiger partial charge in [-0.25, -0.2) is 14.1 Å². The lowest BCUT2D eigenvalue weighted by molar-refractivity contribution is 0.0866. The Hall–Kier alpha value is -4.53. The number of nitrogens with one attached hydrogen (secondary N) is 1. The lowest BCUT2D eigenvalue weighted by atomic mass is 10.1. The van der Waals surface area contributed by atoms with Crippen molar-refractivity contribution in [2.24, 2.45) is 4.99 Å². The summed E-state index contributed by atoms with van der Waals surface area (Å²) in [6.45, 7) is 0.457. The molecule has 3 aliphatic rings. The van der Waals surface area contributed by atoms with Crippen LogP contribution in [0, 0.1) is 5.82 Å². The fourth-order valence-electron chi connectivity index (χ4n) is 5.74. The van der Waals surface area contributed by atoms with Crippen molar-refractivity contribution in [2.75, 3.05) is 17.3 Å². The Morgan fingerprint density at radius 1 is 0.974 bits per heavy atom. The highest BCUT2D eigenvalue weighted by molar-refractivity contribution is 6.21. The molecule has 2 aliphatic heterocycles. The molecule has 2 aromatic carbocycles. The van der Waals surface area contributed by atoms with Gasteiger partial charge in [-0.1, -0.05) is 24.3 Å². The second-order valence-corrected chi connectivity index (χ2v) is 10.00. The van der Waals surface area contributed by atoms with Gasteiger partial charge in [0.2, 0.25) is 5.96 Å². The van der Waals surface area contributed by atoms with Gasteiger partial charge < -0.3 is 5.32 Å². The number of pyridine rings is 1. The maximum atomic E-state index is 13.7. The third-order valence-corrected chi connectivity index (χ3v) is 7.66. The largest absolute Gasteiger partial charge is 0.340 e. The Kier molecular flexibility index (Phi) is 5.24. The van der Waals surface area contributed by atoms with Crippen LogP contribution in [0.5, 0.6) is 0 Å². The number of benzene rings is 2. The average molecular weight is 508 g/mol. The number of aliphatic imine (C=N–C) groups is 1. The van der Waals surface area contributed by atoms with Crippen molar-refractivity contribution >= 4 is 29.2 Å².